The average molecular weight is 360 g/mol. The van der Waals surface area contributed by atoms with E-state index in [4.69, 9.17) is 11.6 Å². The summed E-state index contributed by atoms with van der Waals surface area (Å²) >= 11 is 5.54. The van der Waals surface area contributed by atoms with Crippen molar-refractivity contribution >= 4 is 29.2 Å². The van der Waals surface area contributed by atoms with E-state index in [1.165, 1.54) is 6.07 Å². The molecular formula is C16H13ClF3NO3. The second-order valence-electron chi connectivity index (χ2n) is 6.02. The van der Waals surface area contributed by atoms with Gasteiger partial charge in [0.25, 0.3) is 0 Å². The molecule has 4 atom stereocenters. The fourth-order valence-electron chi connectivity index (χ4n) is 3.56. The molecule has 2 bridgehead atoms. The van der Waals surface area contributed by atoms with Gasteiger partial charge in [-0.1, -0.05) is 23.8 Å². The normalized spacial score (nSPS) is 28.2. The molecule has 128 valence electrons. The summed E-state index contributed by atoms with van der Waals surface area (Å²) in [6.45, 7) is 0. The van der Waals surface area contributed by atoms with Gasteiger partial charge < -0.3 is 10.4 Å². The molecule has 1 amide bonds. The third kappa shape index (κ3) is 2.88. The van der Waals surface area contributed by atoms with Crippen LogP contribution in [-0.4, -0.2) is 17.0 Å². The van der Waals surface area contributed by atoms with Crippen molar-refractivity contribution in [2.75, 3.05) is 5.32 Å². The topological polar surface area (TPSA) is 66.4 Å². The number of carbonyl (C=O) groups is 2. The van der Waals surface area contributed by atoms with Crippen LogP contribution in [0.1, 0.15) is 12.0 Å². The van der Waals surface area contributed by atoms with Crippen molar-refractivity contribution in [2.24, 2.45) is 23.7 Å². The summed E-state index contributed by atoms with van der Waals surface area (Å²) < 4.78 is 38.6. The Morgan fingerprint density at radius 1 is 1.17 bits per heavy atom. The molecule has 2 aliphatic carbocycles. The van der Waals surface area contributed by atoms with Gasteiger partial charge in [-0.3, -0.25) is 9.59 Å². The van der Waals surface area contributed by atoms with Crippen LogP contribution in [0.15, 0.2) is 30.4 Å². The van der Waals surface area contributed by atoms with E-state index < -0.39 is 40.5 Å². The fraction of sp³-hybridized carbons (Fsp3) is 0.375. The summed E-state index contributed by atoms with van der Waals surface area (Å²) in [5.74, 6) is -3.71. The Morgan fingerprint density at radius 3 is 2.38 bits per heavy atom. The maximum absolute atomic E-state index is 12.9. The second kappa shape index (κ2) is 5.81. The average Bonchev–Trinajstić information content (AvgIpc) is 3.08. The van der Waals surface area contributed by atoms with Crippen molar-refractivity contribution in [2.45, 2.75) is 12.6 Å². The Morgan fingerprint density at radius 2 is 1.79 bits per heavy atom. The first-order valence-corrected chi connectivity index (χ1v) is 7.65. The number of benzene rings is 1. The van der Waals surface area contributed by atoms with Crippen molar-refractivity contribution in [3.8, 4) is 0 Å². The van der Waals surface area contributed by atoms with Gasteiger partial charge in [0.1, 0.15) is 0 Å². The number of carboxylic acids is 1. The summed E-state index contributed by atoms with van der Waals surface area (Å²) in [6.07, 6.45) is -0.477. The Labute approximate surface area is 140 Å². The number of hydrogen-bond acceptors (Lipinski definition) is 2. The Kier molecular flexibility index (Phi) is 4.07. The fourth-order valence-corrected chi connectivity index (χ4v) is 3.79. The number of hydrogen-bond donors (Lipinski definition) is 2. The zero-order valence-electron chi connectivity index (χ0n) is 12.2. The molecule has 24 heavy (non-hydrogen) atoms. The molecule has 0 saturated heterocycles. The number of rotatable bonds is 3. The van der Waals surface area contributed by atoms with Crippen LogP contribution in [0.2, 0.25) is 5.02 Å². The van der Waals surface area contributed by atoms with Crippen LogP contribution in [0.5, 0.6) is 0 Å². The van der Waals surface area contributed by atoms with Gasteiger partial charge in [-0.2, -0.15) is 13.2 Å². The minimum Gasteiger partial charge on any atom is -0.481 e. The molecule has 2 aliphatic rings. The minimum atomic E-state index is -4.64. The van der Waals surface area contributed by atoms with E-state index in [-0.39, 0.29) is 17.5 Å². The first-order chi connectivity index (χ1) is 11.2. The quantitative estimate of drug-likeness (QED) is 0.806. The first-order valence-electron chi connectivity index (χ1n) is 7.27. The monoisotopic (exact) mass is 359 g/mol. The van der Waals surface area contributed by atoms with E-state index in [9.17, 15) is 27.9 Å². The van der Waals surface area contributed by atoms with Crippen LogP contribution in [0.25, 0.3) is 0 Å². The number of nitrogens with one attached hydrogen (secondary N) is 1. The van der Waals surface area contributed by atoms with E-state index in [0.29, 0.717) is 6.42 Å². The number of carboxylic acid groups (broad SMARTS) is 1. The van der Waals surface area contributed by atoms with Crippen molar-refractivity contribution in [1.82, 2.24) is 0 Å². The smallest absolute Gasteiger partial charge is 0.417 e. The number of aliphatic carboxylic acids is 1. The molecule has 3 rings (SSSR count). The molecule has 4 nitrogen and oxygen atoms in total. The number of allylic oxidation sites excluding steroid dienone is 2. The SMILES string of the molecule is O=C(Nc1ccc(Cl)c(C(F)(F)F)c1)[C@@H]1[C@H](C(=O)O)[C@H]2C=C[C@H]1C2. The summed E-state index contributed by atoms with van der Waals surface area (Å²) in [5.41, 5.74) is -1.11. The van der Waals surface area contributed by atoms with Crippen LogP contribution in [0.4, 0.5) is 18.9 Å². The van der Waals surface area contributed by atoms with E-state index in [2.05, 4.69) is 5.32 Å². The lowest BCUT2D eigenvalue weighted by atomic mass is 9.82. The number of carbonyl (C=O) groups excluding carboxylic acids is 1. The summed E-state index contributed by atoms with van der Waals surface area (Å²) in [7, 11) is 0. The van der Waals surface area contributed by atoms with Crippen molar-refractivity contribution in [3.63, 3.8) is 0 Å². The van der Waals surface area contributed by atoms with Crippen molar-refractivity contribution in [3.05, 3.63) is 40.9 Å². The highest BCUT2D eigenvalue weighted by Gasteiger charge is 2.51. The van der Waals surface area contributed by atoms with Crippen LogP contribution < -0.4 is 5.32 Å². The largest absolute Gasteiger partial charge is 0.481 e. The molecule has 0 heterocycles. The number of fused-ring (bicyclic) bond motifs is 2. The lowest BCUT2D eigenvalue weighted by Crippen LogP contribution is -2.36. The molecule has 1 fully saturated rings. The predicted octanol–water partition coefficient (Wildman–Crippen LogP) is 3.82. The molecule has 0 spiro atoms. The number of amides is 1. The number of anilines is 1. The summed E-state index contributed by atoms with van der Waals surface area (Å²) in [5, 5.41) is 11.3. The zero-order valence-corrected chi connectivity index (χ0v) is 12.9. The molecular weight excluding hydrogens is 347 g/mol. The van der Waals surface area contributed by atoms with Gasteiger partial charge in [-0.25, -0.2) is 0 Å². The maximum Gasteiger partial charge on any atom is 0.417 e. The summed E-state index contributed by atoms with van der Waals surface area (Å²) in [6, 6.07) is 3.06. The van der Waals surface area contributed by atoms with Gasteiger partial charge >= 0.3 is 12.1 Å². The van der Waals surface area contributed by atoms with E-state index in [0.717, 1.165) is 12.1 Å². The van der Waals surface area contributed by atoms with Crippen molar-refractivity contribution < 1.29 is 27.9 Å². The summed E-state index contributed by atoms with van der Waals surface area (Å²) in [4.78, 5) is 23.9. The van der Waals surface area contributed by atoms with Gasteiger partial charge in [0.05, 0.1) is 22.4 Å². The molecule has 2 N–H and O–H groups in total. The first kappa shape index (κ1) is 16.8. The lowest BCUT2D eigenvalue weighted by Gasteiger charge is -2.24. The predicted molar refractivity (Wildman–Crippen MR) is 80.4 cm³/mol. The Hall–Kier alpha value is -2.02. The minimum absolute atomic E-state index is 0.0624. The molecule has 1 aromatic rings. The van der Waals surface area contributed by atoms with Gasteiger partial charge in [0, 0.05) is 5.69 Å². The standard InChI is InChI=1S/C16H13ClF3NO3/c17-11-4-3-9(6-10(11)16(18,19)20)21-14(22)12-7-1-2-8(5-7)13(12)15(23)24/h1-4,6-8,12-13H,5H2,(H,21,22)(H,23,24)/t7-,8-,12-,13+/m0/s1. The van der Waals surface area contributed by atoms with Crippen LogP contribution in [-0.2, 0) is 15.8 Å². The lowest BCUT2D eigenvalue weighted by molar-refractivity contribution is -0.146. The van der Waals surface area contributed by atoms with E-state index in [1.807, 2.05) is 0 Å². The van der Waals surface area contributed by atoms with Crippen LogP contribution in [0.3, 0.4) is 0 Å². The molecule has 0 aromatic heterocycles. The Bertz CT molecular complexity index is 732. The van der Waals surface area contributed by atoms with E-state index in [1.54, 1.807) is 12.2 Å². The third-order valence-electron chi connectivity index (χ3n) is 4.59. The Balaban J connectivity index is 1.83. The highest BCUT2D eigenvalue weighted by atomic mass is 35.5. The van der Waals surface area contributed by atoms with Gasteiger partial charge in [-0.15, -0.1) is 0 Å². The van der Waals surface area contributed by atoms with Crippen molar-refractivity contribution in [1.29, 1.82) is 0 Å². The molecule has 1 aromatic carbocycles. The highest BCUT2D eigenvalue weighted by Crippen LogP contribution is 2.48. The second-order valence-corrected chi connectivity index (χ2v) is 6.43. The molecule has 0 radical (unpaired) electrons. The molecule has 8 heteroatoms. The number of alkyl halides is 3. The molecule has 0 aliphatic heterocycles. The maximum atomic E-state index is 12.9. The van der Waals surface area contributed by atoms with Gasteiger partial charge in [0.2, 0.25) is 5.91 Å². The zero-order chi connectivity index (χ0) is 17.6. The molecule has 1 saturated carbocycles. The van der Waals surface area contributed by atoms with Gasteiger partial charge in [0.15, 0.2) is 0 Å². The number of halogens is 4. The highest BCUT2D eigenvalue weighted by molar-refractivity contribution is 6.31. The third-order valence-corrected chi connectivity index (χ3v) is 4.92. The van der Waals surface area contributed by atoms with Crippen LogP contribution >= 0.6 is 11.6 Å². The van der Waals surface area contributed by atoms with Gasteiger partial charge in [-0.05, 0) is 36.5 Å². The molecule has 0 unspecified atom stereocenters. The van der Waals surface area contributed by atoms with Crippen LogP contribution in [0, 0.1) is 23.7 Å². The van der Waals surface area contributed by atoms with E-state index >= 15 is 0 Å².